The van der Waals surface area contributed by atoms with Gasteiger partial charge in [0.15, 0.2) is 11.5 Å². The second kappa shape index (κ2) is 9.30. The molecule has 1 heterocycles. The van der Waals surface area contributed by atoms with E-state index < -0.39 is 6.04 Å². The summed E-state index contributed by atoms with van der Waals surface area (Å²) in [6.07, 6.45) is 4.58. The SMILES string of the molecule is CC(C)C[C@@H](NC(=O)C1CCC(C)CC1)C(=O)Nc1ccc2c(c1)OCCO2. The van der Waals surface area contributed by atoms with Gasteiger partial charge in [0.05, 0.1) is 0 Å². The molecule has 28 heavy (non-hydrogen) atoms. The Morgan fingerprint density at radius 1 is 1.07 bits per heavy atom. The summed E-state index contributed by atoms with van der Waals surface area (Å²) in [4.78, 5) is 25.6. The van der Waals surface area contributed by atoms with Gasteiger partial charge in [0, 0.05) is 17.7 Å². The van der Waals surface area contributed by atoms with E-state index in [-0.39, 0.29) is 17.7 Å². The van der Waals surface area contributed by atoms with Crippen LogP contribution in [0.3, 0.4) is 0 Å². The molecule has 0 radical (unpaired) electrons. The maximum absolute atomic E-state index is 12.9. The molecule has 1 atom stereocenters. The van der Waals surface area contributed by atoms with E-state index in [9.17, 15) is 9.59 Å². The highest BCUT2D eigenvalue weighted by atomic mass is 16.6. The number of carbonyl (C=O) groups is 2. The summed E-state index contributed by atoms with van der Waals surface area (Å²) in [6, 6.07) is 4.81. The van der Waals surface area contributed by atoms with E-state index in [4.69, 9.17) is 9.47 Å². The fraction of sp³-hybridized carbons (Fsp3) is 0.636. The Morgan fingerprint density at radius 3 is 2.43 bits per heavy atom. The number of nitrogens with one attached hydrogen (secondary N) is 2. The average Bonchev–Trinajstić information content (AvgIpc) is 2.67. The first-order chi connectivity index (χ1) is 13.4. The number of fused-ring (bicyclic) bond motifs is 1. The number of rotatable bonds is 6. The van der Waals surface area contributed by atoms with Crippen molar-refractivity contribution in [3.63, 3.8) is 0 Å². The molecule has 0 bridgehead atoms. The molecule has 6 heteroatoms. The summed E-state index contributed by atoms with van der Waals surface area (Å²) in [5, 5.41) is 5.93. The van der Waals surface area contributed by atoms with Crippen LogP contribution in [0.1, 0.15) is 52.9 Å². The molecule has 0 spiro atoms. The minimum absolute atomic E-state index is 0.00914. The van der Waals surface area contributed by atoms with Gasteiger partial charge in [-0.3, -0.25) is 9.59 Å². The van der Waals surface area contributed by atoms with Crippen LogP contribution >= 0.6 is 0 Å². The molecule has 1 aliphatic carbocycles. The third kappa shape index (κ3) is 5.40. The van der Waals surface area contributed by atoms with Gasteiger partial charge in [0.25, 0.3) is 0 Å². The minimum atomic E-state index is -0.542. The largest absolute Gasteiger partial charge is 0.486 e. The molecular formula is C22H32N2O4. The van der Waals surface area contributed by atoms with Crippen molar-refractivity contribution in [2.75, 3.05) is 18.5 Å². The Kier molecular flexibility index (Phi) is 6.81. The molecule has 0 saturated heterocycles. The van der Waals surface area contributed by atoms with E-state index in [1.807, 2.05) is 0 Å². The molecule has 1 aromatic carbocycles. The first kappa shape index (κ1) is 20.5. The summed E-state index contributed by atoms with van der Waals surface area (Å²) in [6.45, 7) is 7.37. The normalized spacial score (nSPS) is 22.4. The van der Waals surface area contributed by atoms with Gasteiger partial charge >= 0.3 is 0 Å². The van der Waals surface area contributed by atoms with Gasteiger partial charge in [-0.2, -0.15) is 0 Å². The van der Waals surface area contributed by atoms with Crippen molar-refractivity contribution >= 4 is 17.5 Å². The van der Waals surface area contributed by atoms with E-state index >= 15 is 0 Å². The number of anilines is 1. The Morgan fingerprint density at radius 2 is 1.75 bits per heavy atom. The lowest BCUT2D eigenvalue weighted by molar-refractivity contribution is -0.130. The second-order valence-corrected chi connectivity index (χ2v) is 8.50. The topological polar surface area (TPSA) is 76.7 Å². The van der Waals surface area contributed by atoms with Crippen LogP contribution in [-0.2, 0) is 9.59 Å². The molecule has 154 valence electrons. The van der Waals surface area contributed by atoms with Gasteiger partial charge < -0.3 is 20.1 Å². The molecule has 0 aromatic heterocycles. The lowest BCUT2D eigenvalue weighted by atomic mass is 9.82. The number of hydrogen-bond acceptors (Lipinski definition) is 4. The number of carbonyl (C=O) groups excluding carboxylic acids is 2. The van der Waals surface area contributed by atoms with Crippen LogP contribution in [0, 0.1) is 17.8 Å². The van der Waals surface area contributed by atoms with E-state index in [0.29, 0.717) is 48.7 Å². The lowest BCUT2D eigenvalue weighted by Gasteiger charge is -2.28. The molecule has 0 unspecified atom stereocenters. The molecule has 2 amide bonds. The highest BCUT2D eigenvalue weighted by Crippen LogP contribution is 2.33. The summed E-state index contributed by atoms with van der Waals surface area (Å²) in [7, 11) is 0. The zero-order valence-corrected chi connectivity index (χ0v) is 17.1. The summed E-state index contributed by atoms with van der Waals surface area (Å²) in [5.41, 5.74) is 0.642. The van der Waals surface area contributed by atoms with Gasteiger partial charge in [-0.05, 0) is 56.1 Å². The minimum Gasteiger partial charge on any atom is -0.486 e. The Hall–Kier alpha value is -2.24. The zero-order chi connectivity index (χ0) is 20.1. The van der Waals surface area contributed by atoms with E-state index in [2.05, 4.69) is 31.4 Å². The molecule has 6 nitrogen and oxygen atoms in total. The van der Waals surface area contributed by atoms with Crippen molar-refractivity contribution in [1.29, 1.82) is 0 Å². The van der Waals surface area contributed by atoms with Crippen molar-refractivity contribution in [2.24, 2.45) is 17.8 Å². The molecule has 1 aliphatic heterocycles. The molecule has 1 fully saturated rings. The van der Waals surface area contributed by atoms with Gasteiger partial charge in [-0.1, -0.05) is 20.8 Å². The molecule has 1 aromatic rings. The second-order valence-electron chi connectivity index (χ2n) is 8.50. The summed E-state index contributed by atoms with van der Waals surface area (Å²) in [5.74, 6) is 2.13. The van der Waals surface area contributed by atoms with E-state index in [1.165, 1.54) is 0 Å². The monoisotopic (exact) mass is 388 g/mol. The van der Waals surface area contributed by atoms with Crippen LogP contribution in [0.2, 0.25) is 0 Å². The molecule has 3 rings (SSSR count). The predicted octanol–water partition coefficient (Wildman–Crippen LogP) is 3.75. The highest BCUT2D eigenvalue weighted by molar-refractivity contribution is 5.97. The van der Waals surface area contributed by atoms with Crippen molar-refractivity contribution in [1.82, 2.24) is 5.32 Å². The summed E-state index contributed by atoms with van der Waals surface area (Å²) < 4.78 is 11.1. The smallest absolute Gasteiger partial charge is 0.246 e. The van der Waals surface area contributed by atoms with Gasteiger partial charge in [0.2, 0.25) is 11.8 Å². The van der Waals surface area contributed by atoms with Crippen LogP contribution < -0.4 is 20.1 Å². The molecule has 2 aliphatic rings. The lowest BCUT2D eigenvalue weighted by Crippen LogP contribution is -2.47. The average molecular weight is 389 g/mol. The van der Waals surface area contributed by atoms with Crippen LogP contribution in [0.4, 0.5) is 5.69 Å². The maximum atomic E-state index is 12.9. The van der Waals surface area contributed by atoms with Crippen molar-refractivity contribution < 1.29 is 19.1 Å². The predicted molar refractivity (Wildman–Crippen MR) is 109 cm³/mol. The molecule has 2 N–H and O–H groups in total. The first-order valence-corrected chi connectivity index (χ1v) is 10.4. The van der Waals surface area contributed by atoms with Crippen LogP contribution in [0.15, 0.2) is 18.2 Å². The van der Waals surface area contributed by atoms with Crippen molar-refractivity contribution in [2.45, 2.75) is 58.9 Å². The highest BCUT2D eigenvalue weighted by Gasteiger charge is 2.29. The van der Waals surface area contributed by atoms with E-state index in [0.717, 1.165) is 25.7 Å². The third-order valence-corrected chi connectivity index (χ3v) is 5.54. The van der Waals surface area contributed by atoms with Crippen LogP contribution in [0.5, 0.6) is 11.5 Å². The zero-order valence-electron chi connectivity index (χ0n) is 17.1. The van der Waals surface area contributed by atoms with Gasteiger partial charge in [-0.25, -0.2) is 0 Å². The number of amides is 2. The number of ether oxygens (including phenoxy) is 2. The van der Waals surface area contributed by atoms with Gasteiger partial charge in [0.1, 0.15) is 19.3 Å². The Balaban J connectivity index is 1.63. The molecular weight excluding hydrogens is 356 g/mol. The van der Waals surface area contributed by atoms with Gasteiger partial charge in [-0.15, -0.1) is 0 Å². The van der Waals surface area contributed by atoms with Crippen LogP contribution in [0.25, 0.3) is 0 Å². The van der Waals surface area contributed by atoms with Crippen molar-refractivity contribution in [3.8, 4) is 11.5 Å². The standard InChI is InChI=1S/C22H32N2O4/c1-14(2)12-18(24-21(25)16-6-4-15(3)5-7-16)22(26)23-17-8-9-19-20(13-17)28-11-10-27-19/h8-9,13-16,18H,4-7,10-12H2,1-3H3,(H,23,26)(H,24,25)/t15?,16?,18-/m1/s1. The fourth-order valence-electron chi connectivity index (χ4n) is 3.87. The Bertz CT molecular complexity index is 696. The fourth-order valence-corrected chi connectivity index (χ4v) is 3.87. The maximum Gasteiger partial charge on any atom is 0.246 e. The summed E-state index contributed by atoms with van der Waals surface area (Å²) >= 11 is 0. The quantitative estimate of drug-likeness (QED) is 0.778. The third-order valence-electron chi connectivity index (χ3n) is 5.54. The molecule has 1 saturated carbocycles. The number of hydrogen-bond donors (Lipinski definition) is 2. The number of benzene rings is 1. The first-order valence-electron chi connectivity index (χ1n) is 10.4. The Labute approximate surface area is 167 Å². The van der Waals surface area contributed by atoms with Crippen LogP contribution in [-0.4, -0.2) is 31.1 Å². The van der Waals surface area contributed by atoms with Crippen molar-refractivity contribution in [3.05, 3.63) is 18.2 Å². The van der Waals surface area contributed by atoms with E-state index in [1.54, 1.807) is 18.2 Å².